The maximum Gasteiger partial charge on any atom is 0.261 e. The fourth-order valence-corrected chi connectivity index (χ4v) is 2.13. The summed E-state index contributed by atoms with van der Waals surface area (Å²) in [5.74, 6) is 0.554. The summed E-state index contributed by atoms with van der Waals surface area (Å²) in [6, 6.07) is 16.8. The zero-order valence-electron chi connectivity index (χ0n) is 11.9. The number of benzene rings is 2. The Bertz CT molecular complexity index is 586. The number of carbonyl (C=O) groups is 1. The summed E-state index contributed by atoms with van der Waals surface area (Å²) >= 11 is 6.07. The highest BCUT2D eigenvalue weighted by atomic mass is 35.5. The molecule has 0 saturated carbocycles. The van der Waals surface area contributed by atoms with E-state index in [2.05, 4.69) is 5.32 Å². The van der Waals surface area contributed by atoms with Gasteiger partial charge in [0.05, 0.1) is 0 Å². The van der Waals surface area contributed by atoms with Crippen LogP contribution in [0.2, 0.25) is 5.02 Å². The van der Waals surface area contributed by atoms with E-state index in [-0.39, 0.29) is 5.91 Å². The Morgan fingerprint density at radius 2 is 1.81 bits per heavy atom. The molecule has 1 atom stereocenters. The highest BCUT2D eigenvalue weighted by molar-refractivity contribution is 6.31. The summed E-state index contributed by atoms with van der Waals surface area (Å²) in [5.41, 5.74) is 0.891. The molecule has 2 rings (SSSR count). The Labute approximate surface area is 129 Å². The zero-order chi connectivity index (χ0) is 15.1. The third kappa shape index (κ3) is 4.50. The molecule has 2 aromatic carbocycles. The van der Waals surface area contributed by atoms with Crippen LogP contribution in [0.5, 0.6) is 5.75 Å². The van der Waals surface area contributed by atoms with Crippen molar-refractivity contribution in [3.63, 3.8) is 0 Å². The lowest BCUT2D eigenvalue weighted by atomic mass is 10.2. The number of halogens is 1. The minimum Gasteiger partial charge on any atom is -0.481 e. The van der Waals surface area contributed by atoms with Gasteiger partial charge in [-0.1, -0.05) is 54.9 Å². The van der Waals surface area contributed by atoms with Gasteiger partial charge in [0, 0.05) is 11.6 Å². The van der Waals surface area contributed by atoms with Gasteiger partial charge in [-0.05, 0) is 30.2 Å². The van der Waals surface area contributed by atoms with Crippen LogP contribution in [-0.4, -0.2) is 12.0 Å². The van der Waals surface area contributed by atoms with Crippen molar-refractivity contribution in [1.82, 2.24) is 5.32 Å². The molecule has 0 saturated heterocycles. The summed E-state index contributed by atoms with van der Waals surface area (Å²) < 4.78 is 5.70. The van der Waals surface area contributed by atoms with Gasteiger partial charge in [-0.3, -0.25) is 4.79 Å². The summed E-state index contributed by atoms with van der Waals surface area (Å²) in [6.07, 6.45) is 0.0957. The van der Waals surface area contributed by atoms with Crippen LogP contribution >= 0.6 is 11.6 Å². The van der Waals surface area contributed by atoms with Gasteiger partial charge in [0.15, 0.2) is 6.10 Å². The molecule has 0 spiro atoms. The Kier molecular flexibility index (Phi) is 5.64. The molecular weight excluding hydrogens is 286 g/mol. The molecule has 21 heavy (non-hydrogen) atoms. The largest absolute Gasteiger partial charge is 0.481 e. The van der Waals surface area contributed by atoms with Crippen LogP contribution < -0.4 is 10.1 Å². The van der Waals surface area contributed by atoms with Crippen molar-refractivity contribution in [3.8, 4) is 5.75 Å². The molecule has 0 fully saturated rings. The van der Waals surface area contributed by atoms with Gasteiger partial charge in [-0.2, -0.15) is 0 Å². The van der Waals surface area contributed by atoms with Gasteiger partial charge in [-0.15, -0.1) is 0 Å². The van der Waals surface area contributed by atoms with Crippen molar-refractivity contribution >= 4 is 17.5 Å². The standard InChI is InChI=1S/C17H18ClNO2/c1-2-16(21-14-9-4-3-5-10-14)17(20)19-12-13-8-6-7-11-15(13)18/h3-11,16H,2,12H2,1H3,(H,19,20)/t16-/m0/s1. The number of nitrogens with one attached hydrogen (secondary N) is 1. The van der Waals surface area contributed by atoms with Gasteiger partial charge in [0.2, 0.25) is 0 Å². The molecule has 0 radical (unpaired) electrons. The van der Waals surface area contributed by atoms with E-state index in [0.29, 0.717) is 23.7 Å². The fraction of sp³-hybridized carbons (Fsp3) is 0.235. The molecule has 3 nitrogen and oxygen atoms in total. The highest BCUT2D eigenvalue weighted by Crippen LogP contribution is 2.15. The molecule has 4 heteroatoms. The number of para-hydroxylation sites is 1. The van der Waals surface area contributed by atoms with E-state index in [9.17, 15) is 4.79 Å². The Morgan fingerprint density at radius 1 is 1.14 bits per heavy atom. The molecule has 1 amide bonds. The number of ether oxygens (including phenoxy) is 1. The minimum absolute atomic E-state index is 0.138. The van der Waals surface area contributed by atoms with Gasteiger partial charge in [0.1, 0.15) is 5.75 Å². The summed E-state index contributed by atoms with van der Waals surface area (Å²) in [5, 5.41) is 3.51. The van der Waals surface area contributed by atoms with Crippen molar-refractivity contribution in [1.29, 1.82) is 0 Å². The van der Waals surface area contributed by atoms with Crippen molar-refractivity contribution < 1.29 is 9.53 Å². The van der Waals surface area contributed by atoms with Crippen LogP contribution in [0.4, 0.5) is 0 Å². The quantitative estimate of drug-likeness (QED) is 0.881. The average Bonchev–Trinajstić information content (AvgIpc) is 2.52. The maximum atomic E-state index is 12.2. The lowest BCUT2D eigenvalue weighted by Crippen LogP contribution is -2.37. The Morgan fingerprint density at radius 3 is 2.48 bits per heavy atom. The number of amides is 1. The van der Waals surface area contributed by atoms with Crippen molar-refractivity contribution in [2.45, 2.75) is 26.0 Å². The Balaban J connectivity index is 1.93. The van der Waals surface area contributed by atoms with E-state index in [1.54, 1.807) is 6.07 Å². The number of rotatable bonds is 6. The van der Waals surface area contributed by atoms with Crippen LogP contribution in [0, 0.1) is 0 Å². The predicted molar refractivity (Wildman–Crippen MR) is 84.4 cm³/mol. The normalized spacial score (nSPS) is 11.7. The van der Waals surface area contributed by atoms with Crippen LogP contribution in [0.15, 0.2) is 54.6 Å². The number of hydrogen-bond donors (Lipinski definition) is 1. The molecule has 1 N–H and O–H groups in total. The summed E-state index contributed by atoms with van der Waals surface area (Å²) in [4.78, 5) is 12.2. The average molecular weight is 304 g/mol. The van der Waals surface area contributed by atoms with Gasteiger partial charge >= 0.3 is 0 Å². The smallest absolute Gasteiger partial charge is 0.261 e. The molecule has 0 aliphatic rings. The van der Waals surface area contributed by atoms with E-state index in [1.165, 1.54) is 0 Å². The number of carbonyl (C=O) groups excluding carboxylic acids is 1. The van der Waals surface area contributed by atoms with Gasteiger partial charge in [0.25, 0.3) is 5.91 Å². The van der Waals surface area contributed by atoms with E-state index >= 15 is 0 Å². The SMILES string of the molecule is CC[C@H](Oc1ccccc1)C(=O)NCc1ccccc1Cl. The molecule has 110 valence electrons. The molecular formula is C17H18ClNO2. The Hall–Kier alpha value is -2.00. The van der Waals surface area contributed by atoms with E-state index in [0.717, 1.165) is 5.56 Å². The zero-order valence-corrected chi connectivity index (χ0v) is 12.6. The fourth-order valence-electron chi connectivity index (χ4n) is 1.92. The first-order valence-corrected chi connectivity index (χ1v) is 7.31. The van der Waals surface area contributed by atoms with Crippen LogP contribution in [0.1, 0.15) is 18.9 Å². The van der Waals surface area contributed by atoms with Crippen molar-refractivity contribution in [2.75, 3.05) is 0 Å². The predicted octanol–water partition coefficient (Wildman–Crippen LogP) is 3.81. The molecule has 2 aromatic rings. The molecule has 0 bridgehead atoms. The van der Waals surface area contributed by atoms with Gasteiger partial charge in [-0.25, -0.2) is 0 Å². The second-order valence-corrected chi connectivity index (χ2v) is 5.04. The second kappa shape index (κ2) is 7.70. The summed E-state index contributed by atoms with van der Waals surface area (Å²) in [7, 11) is 0. The first-order valence-electron chi connectivity index (χ1n) is 6.93. The van der Waals surface area contributed by atoms with Crippen LogP contribution in [-0.2, 0) is 11.3 Å². The summed E-state index contributed by atoms with van der Waals surface area (Å²) in [6.45, 7) is 2.32. The molecule has 0 heterocycles. The van der Waals surface area contributed by atoms with Crippen molar-refractivity contribution in [2.24, 2.45) is 0 Å². The molecule has 0 unspecified atom stereocenters. The van der Waals surface area contributed by atoms with Crippen LogP contribution in [0.3, 0.4) is 0 Å². The van der Waals surface area contributed by atoms with E-state index in [1.807, 2.05) is 55.5 Å². The highest BCUT2D eigenvalue weighted by Gasteiger charge is 2.18. The first kappa shape index (κ1) is 15.4. The lowest BCUT2D eigenvalue weighted by Gasteiger charge is -2.17. The molecule has 0 aliphatic heterocycles. The van der Waals surface area contributed by atoms with E-state index in [4.69, 9.17) is 16.3 Å². The topological polar surface area (TPSA) is 38.3 Å². The van der Waals surface area contributed by atoms with E-state index < -0.39 is 6.10 Å². The second-order valence-electron chi connectivity index (χ2n) is 4.64. The first-order chi connectivity index (χ1) is 10.2. The van der Waals surface area contributed by atoms with Gasteiger partial charge < -0.3 is 10.1 Å². The monoisotopic (exact) mass is 303 g/mol. The minimum atomic E-state index is -0.505. The van der Waals surface area contributed by atoms with Crippen LogP contribution in [0.25, 0.3) is 0 Å². The number of hydrogen-bond acceptors (Lipinski definition) is 2. The van der Waals surface area contributed by atoms with Crippen molar-refractivity contribution in [3.05, 3.63) is 65.2 Å². The molecule has 0 aliphatic carbocycles. The third-order valence-corrected chi connectivity index (χ3v) is 3.46. The third-order valence-electron chi connectivity index (χ3n) is 3.10. The molecule has 0 aromatic heterocycles. The lowest BCUT2D eigenvalue weighted by molar-refractivity contribution is -0.128. The maximum absolute atomic E-state index is 12.2.